The molecule has 1 aliphatic rings. The van der Waals surface area contributed by atoms with E-state index in [1.165, 1.54) is 23.3 Å². The van der Waals surface area contributed by atoms with Crippen molar-refractivity contribution < 1.29 is 18.7 Å². The highest BCUT2D eigenvalue weighted by atomic mass is 32.1. The van der Waals surface area contributed by atoms with E-state index in [1.807, 2.05) is 6.92 Å². The van der Waals surface area contributed by atoms with Gasteiger partial charge in [-0.1, -0.05) is 42.5 Å². The van der Waals surface area contributed by atoms with Gasteiger partial charge in [-0.05, 0) is 36.2 Å². The van der Waals surface area contributed by atoms with Crippen LogP contribution >= 0.6 is 11.3 Å². The predicted octanol–water partition coefficient (Wildman–Crippen LogP) is 4.13. The number of nitrogens with zero attached hydrogens (tertiary/aromatic N) is 3. The fourth-order valence-corrected chi connectivity index (χ4v) is 4.98. The van der Waals surface area contributed by atoms with Crippen molar-refractivity contribution in [2.24, 2.45) is 0 Å². The van der Waals surface area contributed by atoms with Crippen LogP contribution in [0.15, 0.2) is 57.7 Å². The number of aryl methyl sites for hydroxylation is 1. The summed E-state index contributed by atoms with van der Waals surface area (Å²) < 4.78 is 10.7. The van der Waals surface area contributed by atoms with Gasteiger partial charge in [0.1, 0.15) is 10.6 Å². The third-order valence-electron chi connectivity index (χ3n) is 5.55. The van der Waals surface area contributed by atoms with E-state index < -0.39 is 17.9 Å². The number of fused-ring (bicyclic) bond motifs is 2. The Morgan fingerprint density at radius 1 is 1.12 bits per heavy atom. The molecule has 33 heavy (non-hydrogen) atoms. The molecule has 0 saturated carbocycles. The third-order valence-corrected chi connectivity index (χ3v) is 6.53. The maximum atomic E-state index is 13.5. The van der Waals surface area contributed by atoms with E-state index >= 15 is 0 Å². The topological polar surface area (TPSA) is 103 Å². The van der Waals surface area contributed by atoms with Gasteiger partial charge >= 0.3 is 5.97 Å². The van der Waals surface area contributed by atoms with Gasteiger partial charge in [-0.15, -0.1) is 10.2 Å². The second-order valence-corrected chi connectivity index (χ2v) is 8.63. The van der Waals surface area contributed by atoms with Gasteiger partial charge in [0, 0.05) is 6.42 Å². The summed E-state index contributed by atoms with van der Waals surface area (Å²) in [6.45, 7) is 2.04. The first-order valence-electron chi connectivity index (χ1n) is 10.4. The minimum Gasteiger partial charge on any atom is -0.465 e. The van der Waals surface area contributed by atoms with Gasteiger partial charge in [-0.25, -0.2) is 4.79 Å². The Kier molecular flexibility index (Phi) is 5.26. The molecule has 1 amide bonds. The zero-order valence-electron chi connectivity index (χ0n) is 17.9. The Bertz CT molecular complexity index is 1440. The first-order valence-corrected chi connectivity index (χ1v) is 11.2. The van der Waals surface area contributed by atoms with Crippen LogP contribution in [0.4, 0.5) is 5.13 Å². The molecule has 0 fully saturated rings. The van der Waals surface area contributed by atoms with Crippen molar-refractivity contribution in [2.45, 2.75) is 25.8 Å². The molecule has 0 radical (unpaired) electrons. The molecule has 9 heteroatoms. The van der Waals surface area contributed by atoms with Gasteiger partial charge in [0.15, 0.2) is 5.43 Å². The summed E-state index contributed by atoms with van der Waals surface area (Å²) in [7, 11) is 1.31. The molecule has 2 aromatic heterocycles. The van der Waals surface area contributed by atoms with Gasteiger partial charge in [0.05, 0.1) is 29.7 Å². The fraction of sp³-hybridized carbons (Fsp3) is 0.208. The summed E-state index contributed by atoms with van der Waals surface area (Å²) >= 11 is 1.31. The van der Waals surface area contributed by atoms with Gasteiger partial charge in [0.25, 0.3) is 5.91 Å². The SMILES string of the molecule is CCCc1nnc(N2C(=O)c3oc4ccccc4c(=O)c3C2c2ccc(C(=O)OC)cc2)s1. The Morgan fingerprint density at radius 2 is 1.88 bits per heavy atom. The number of carbonyl (C=O) groups is 2. The summed E-state index contributed by atoms with van der Waals surface area (Å²) in [4.78, 5) is 40.4. The van der Waals surface area contributed by atoms with E-state index in [1.54, 1.807) is 48.5 Å². The van der Waals surface area contributed by atoms with Crippen LogP contribution in [0.25, 0.3) is 11.0 Å². The molecule has 1 atom stereocenters. The largest absolute Gasteiger partial charge is 0.465 e. The number of hydrogen-bond donors (Lipinski definition) is 0. The molecule has 0 saturated heterocycles. The number of carbonyl (C=O) groups excluding carboxylic acids is 2. The normalized spacial score (nSPS) is 15.2. The third kappa shape index (κ3) is 3.41. The molecule has 8 nitrogen and oxygen atoms in total. The number of methoxy groups -OCH3 is 1. The van der Waals surface area contributed by atoms with Crippen LogP contribution in [0.2, 0.25) is 0 Å². The monoisotopic (exact) mass is 461 g/mol. The molecule has 166 valence electrons. The van der Waals surface area contributed by atoms with Crippen molar-refractivity contribution in [2.75, 3.05) is 12.0 Å². The van der Waals surface area contributed by atoms with Crippen LogP contribution in [0.3, 0.4) is 0 Å². The molecule has 1 aliphatic heterocycles. The second-order valence-electron chi connectivity index (χ2n) is 7.59. The number of ether oxygens (including phenoxy) is 1. The minimum atomic E-state index is -0.762. The molecule has 0 aliphatic carbocycles. The average Bonchev–Trinajstić information content (AvgIpc) is 3.41. The number of rotatable bonds is 5. The van der Waals surface area contributed by atoms with Gasteiger partial charge in [-0.3, -0.25) is 14.5 Å². The number of benzene rings is 2. The molecule has 4 aromatic rings. The highest BCUT2D eigenvalue weighted by molar-refractivity contribution is 7.15. The number of para-hydroxylation sites is 1. The fourth-order valence-electron chi connectivity index (χ4n) is 4.01. The van der Waals surface area contributed by atoms with Crippen molar-refractivity contribution in [3.8, 4) is 0 Å². The zero-order valence-corrected chi connectivity index (χ0v) is 18.7. The second kappa shape index (κ2) is 8.25. The number of aromatic nitrogens is 2. The molecule has 0 spiro atoms. The summed E-state index contributed by atoms with van der Waals surface area (Å²) in [6, 6.07) is 12.7. The van der Waals surface area contributed by atoms with Crippen molar-refractivity contribution in [1.29, 1.82) is 0 Å². The van der Waals surface area contributed by atoms with Crippen LogP contribution in [0.1, 0.15) is 56.4 Å². The minimum absolute atomic E-state index is 0.00649. The van der Waals surface area contributed by atoms with Gasteiger partial charge in [0.2, 0.25) is 10.9 Å². The lowest BCUT2D eigenvalue weighted by Crippen LogP contribution is -2.29. The van der Waals surface area contributed by atoms with Crippen LogP contribution in [-0.4, -0.2) is 29.2 Å². The maximum Gasteiger partial charge on any atom is 0.337 e. The molecular formula is C24H19N3O5S. The number of hydrogen-bond acceptors (Lipinski definition) is 8. The molecule has 5 rings (SSSR count). The summed E-state index contributed by atoms with van der Waals surface area (Å²) in [5.74, 6) is -0.928. The first-order chi connectivity index (χ1) is 16.0. The Hall–Kier alpha value is -3.85. The quantitative estimate of drug-likeness (QED) is 0.412. The first kappa shape index (κ1) is 21.0. The van der Waals surface area contributed by atoms with E-state index in [0.717, 1.165) is 17.8 Å². The summed E-state index contributed by atoms with van der Waals surface area (Å²) in [5.41, 5.74) is 1.33. The van der Waals surface area contributed by atoms with Crippen molar-refractivity contribution >= 4 is 39.3 Å². The van der Waals surface area contributed by atoms with E-state index in [2.05, 4.69) is 10.2 Å². The lowest BCUT2D eigenvalue weighted by atomic mass is 9.98. The van der Waals surface area contributed by atoms with Crippen LogP contribution in [0.5, 0.6) is 0 Å². The lowest BCUT2D eigenvalue weighted by Gasteiger charge is -2.22. The van der Waals surface area contributed by atoms with Crippen molar-refractivity contribution in [1.82, 2.24) is 10.2 Å². The molecule has 2 aromatic carbocycles. The standard InChI is InChI=1S/C24H19N3O5S/c1-3-6-17-25-26-24(33-17)27-19(13-9-11-14(12-10-13)23(30)31-2)18-20(28)15-7-4-5-8-16(15)32-21(18)22(27)29/h4-5,7-12,19H,3,6H2,1-2H3. The van der Waals surface area contributed by atoms with Crippen LogP contribution in [-0.2, 0) is 11.2 Å². The smallest absolute Gasteiger partial charge is 0.337 e. The molecule has 3 heterocycles. The van der Waals surface area contributed by atoms with Crippen molar-refractivity contribution in [3.63, 3.8) is 0 Å². The zero-order chi connectivity index (χ0) is 23.1. The Balaban J connectivity index is 1.71. The van der Waals surface area contributed by atoms with E-state index in [0.29, 0.717) is 27.2 Å². The average molecular weight is 461 g/mol. The molecular weight excluding hydrogens is 442 g/mol. The van der Waals surface area contributed by atoms with Crippen LogP contribution in [0, 0.1) is 0 Å². The predicted molar refractivity (Wildman–Crippen MR) is 123 cm³/mol. The van der Waals surface area contributed by atoms with E-state index in [-0.39, 0.29) is 16.8 Å². The van der Waals surface area contributed by atoms with E-state index in [9.17, 15) is 14.4 Å². The van der Waals surface area contributed by atoms with E-state index in [4.69, 9.17) is 9.15 Å². The lowest BCUT2D eigenvalue weighted by molar-refractivity contribution is 0.0600. The van der Waals surface area contributed by atoms with Gasteiger partial charge in [-0.2, -0.15) is 0 Å². The molecule has 1 unspecified atom stereocenters. The molecule has 0 N–H and O–H groups in total. The van der Waals surface area contributed by atoms with Crippen molar-refractivity contribution in [3.05, 3.63) is 86.2 Å². The Morgan fingerprint density at radius 3 is 2.61 bits per heavy atom. The highest BCUT2D eigenvalue weighted by Crippen LogP contribution is 2.42. The van der Waals surface area contributed by atoms with Crippen LogP contribution < -0.4 is 10.3 Å². The Labute approximate surface area is 192 Å². The molecule has 0 bridgehead atoms. The number of esters is 1. The number of amides is 1. The highest BCUT2D eigenvalue weighted by Gasteiger charge is 2.45. The van der Waals surface area contributed by atoms with Gasteiger partial charge < -0.3 is 9.15 Å². The number of anilines is 1. The summed E-state index contributed by atoms with van der Waals surface area (Å²) in [6.07, 6.45) is 1.64. The maximum absolute atomic E-state index is 13.5. The summed E-state index contributed by atoms with van der Waals surface area (Å²) in [5, 5.41) is 10.0.